The van der Waals surface area contributed by atoms with Crippen LogP contribution in [-0.4, -0.2) is 8.42 Å². The Kier molecular flexibility index (Phi) is 7.01. The van der Waals surface area contributed by atoms with Gasteiger partial charge in [-0.05, 0) is 23.0 Å². The first-order valence-electron chi connectivity index (χ1n) is 5.34. The molecule has 0 saturated carbocycles. The molecule has 0 amide bonds. The van der Waals surface area contributed by atoms with Gasteiger partial charge in [-0.15, -0.1) is 0 Å². The summed E-state index contributed by atoms with van der Waals surface area (Å²) < 4.78 is 17.6. The highest BCUT2D eigenvalue weighted by molar-refractivity contribution is 7.69. The lowest BCUT2D eigenvalue weighted by molar-refractivity contribution is 0.616. The predicted octanol–water partition coefficient (Wildman–Crippen LogP) is 2.40. The van der Waals surface area contributed by atoms with Crippen molar-refractivity contribution in [1.82, 2.24) is 0 Å². The summed E-state index contributed by atoms with van der Waals surface area (Å²) in [6.07, 6.45) is 0. The molecular formula is C12H21NO2S. The van der Waals surface area contributed by atoms with E-state index in [9.17, 15) is 0 Å². The van der Waals surface area contributed by atoms with E-state index in [1.54, 1.807) is 0 Å². The average molecular weight is 243 g/mol. The van der Waals surface area contributed by atoms with Crippen LogP contribution in [0, 0.1) is 0 Å². The molecule has 1 aromatic carbocycles. The molecule has 0 aliphatic carbocycles. The molecule has 0 aliphatic heterocycles. The number of benzene rings is 1. The smallest absolute Gasteiger partial charge is 0.198 e. The van der Waals surface area contributed by atoms with E-state index in [4.69, 9.17) is 8.42 Å². The molecule has 0 heterocycles. The Balaban J connectivity index is 0.000000487. The average Bonchev–Trinajstić information content (AvgIpc) is 2.16. The van der Waals surface area contributed by atoms with Gasteiger partial charge in [0.15, 0.2) is 10.9 Å². The molecule has 3 nitrogen and oxygen atoms in total. The van der Waals surface area contributed by atoms with E-state index in [-0.39, 0.29) is 0 Å². The van der Waals surface area contributed by atoms with E-state index in [0.29, 0.717) is 11.8 Å². The van der Waals surface area contributed by atoms with Crippen LogP contribution in [0.3, 0.4) is 0 Å². The first-order chi connectivity index (χ1) is 7.36. The second-order valence-electron chi connectivity index (χ2n) is 4.22. The van der Waals surface area contributed by atoms with Crippen LogP contribution in [-0.2, 0) is 10.9 Å². The summed E-state index contributed by atoms with van der Waals surface area (Å²) in [5.41, 5.74) is 2.99. The molecule has 4 heteroatoms. The topological polar surface area (TPSA) is 60.2 Å². The summed E-state index contributed by atoms with van der Waals surface area (Å²) in [5.74, 6) is 1.28. The lowest BCUT2D eigenvalue weighted by atomic mass is 9.91. The highest BCUT2D eigenvalue weighted by Gasteiger charge is 2.07. The summed E-state index contributed by atoms with van der Waals surface area (Å²) in [7, 11) is -2.62. The van der Waals surface area contributed by atoms with Gasteiger partial charge in [0, 0.05) is 0 Å². The van der Waals surface area contributed by atoms with Crippen LogP contribution in [0.4, 0.5) is 0 Å². The maximum absolute atomic E-state index is 8.81. The zero-order valence-corrected chi connectivity index (χ0v) is 11.2. The van der Waals surface area contributed by atoms with Crippen LogP contribution in [0.15, 0.2) is 24.3 Å². The third kappa shape index (κ3) is 5.88. The van der Waals surface area contributed by atoms with Gasteiger partial charge in [-0.1, -0.05) is 52.0 Å². The Morgan fingerprint density at radius 3 is 1.38 bits per heavy atom. The van der Waals surface area contributed by atoms with E-state index in [1.165, 1.54) is 11.1 Å². The number of rotatable bonds is 2. The molecule has 92 valence electrons. The highest BCUT2D eigenvalue weighted by Crippen LogP contribution is 2.25. The maximum Gasteiger partial charge on any atom is 0.198 e. The third-order valence-electron chi connectivity index (χ3n) is 2.24. The normalized spacial score (nSPS) is 10.5. The van der Waals surface area contributed by atoms with Gasteiger partial charge in [-0.2, -0.15) is 0 Å². The molecule has 0 unspecified atom stereocenters. The summed E-state index contributed by atoms with van der Waals surface area (Å²) >= 11 is 0. The van der Waals surface area contributed by atoms with Crippen LogP contribution < -0.4 is 5.14 Å². The fraction of sp³-hybridized carbons (Fsp3) is 0.500. The number of thiol groups is 1. The third-order valence-corrected chi connectivity index (χ3v) is 2.24. The Morgan fingerprint density at radius 2 is 1.19 bits per heavy atom. The van der Waals surface area contributed by atoms with Gasteiger partial charge in [0.2, 0.25) is 0 Å². The van der Waals surface area contributed by atoms with Crippen molar-refractivity contribution in [3.05, 3.63) is 35.4 Å². The zero-order chi connectivity index (χ0) is 12.7. The molecule has 0 atom stereocenters. The van der Waals surface area contributed by atoms with Crippen molar-refractivity contribution >= 4 is 10.9 Å². The monoisotopic (exact) mass is 243 g/mol. The molecule has 0 aliphatic rings. The van der Waals surface area contributed by atoms with Crippen LogP contribution in [0.25, 0.3) is 0 Å². The Bertz CT molecular complexity index is 349. The first-order valence-corrected chi connectivity index (χ1v) is 6.58. The fourth-order valence-electron chi connectivity index (χ4n) is 1.56. The minimum absolute atomic E-state index is 0.642. The molecular weight excluding hydrogens is 222 g/mol. The predicted molar refractivity (Wildman–Crippen MR) is 69.1 cm³/mol. The maximum atomic E-state index is 8.81. The summed E-state index contributed by atoms with van der Waals surface area (Å²) in [4.78, 5) is 0. The van der Waals surface area contributed by atoms with Gasteiger partial charge < -0.3 is 0 Å². The van der Waals surface area contributed by atoms with Gasteiger partial charge in [0.05, 0.1) is 0 Å². The minimum atomic E-state index is -2.62. The largest absolute Gasteiger partial charge is 0.231 e. The van der Waals surface area contributed by atoms with E-state index in [0.717, 1.165) is 0 Å². The molecule has 0 bridgehead atoms. The molecule has 16 heavy (non-hydrogen) atoms. The van der Waals surface area contributed by atoms with Crippen molar-refractivity contribution in [2.75, 3.05) is 0 Å². The van der Waals surface area contributed by atoms with Crippen LogP contribution in [0.5, 0.6) is 0 Å². The molecule has 2 N–H and O–H groups in total. The van der Waals surface area contributed by atoms with Crippen molar-refractivity contribution < 1.29 is 8.42 Å². The van der Waals surface area contributed by atoms with Crippen molar-refractivity contribution in [2.24, 2.45) is 5.14 Å². The van der Waals surface area contributed by atoms with Gasteiger partial charge in [0.1, 0.15) is 0 Å². The van der Waals surface area contributed by atoms with Crippen LogP contribution in [0.1, 0.15) is 50.7 Å². The SMILES string of the molecule is CC(C)c1ccccc1C(C)C.N[SH](=O)=O. The van der Waals surface area contributed by atoms with Crippen molar-refractivity contribution in [3.8, 4) is 0 Å². The van der Waals surface area contributed by atoms with Gasteiger partial charge in [0.25, 0.3) is 0 Å². The van der Waals surface area contributed by atoms with E-state index in [2.05, 4.69) is 57.1 Å². The van der Waals surface area contributed by atoms with E-state index >= 15 is 0 Å². The van der Waals surface area contributed by atoms with Crippen molar-refractivity contribution in [2.45, 2.75) is 39.5 Å². The fourth-order valence-corrected chi connectivity index (χ4v) is 1.56. The van der Waals surface area contributed by atoms with Crippen molar-refractivity contribution in [1.29, 1.82) is 0 Å². The quantitative estimate of drug-likeness (QED) is 0.784. The van der Waals surface area contributed by atoms with Crippen LogP contribution >= 0.6 is 0 Å². The Morgan fingerprint density at radius 1 is 0.938 bits per heavy atom. The molecule has 0 spiro atoms. The van der Waals surface area contributed by atoms with Crippen molar-refractivity contribution in [3.63, 3.8) is 0 Å². The lowest BCUT2D eigenvalue weighted by Crippen LogP contribution is -1.97. The lowest BCUT2D eigenvalue weighted by Gasteiger charge is -2.14. The molecule has 1 rings (SSSR count). The number of hydrogen-bond donors (Lipinski definition) is 2. The molecule has 1 aromatic rings. The molecule has 0 aromatic heterocycles. The molecule has 0 fully saturated rings. The van der Waals surface area contributed by atoms with E-state index in [1.807, 2.05) is 0 Å². The molecule has 0 radical (unpaired) electrons. The van der Waals surface area contributed by atoms with Gasteiger partial charge >= 0.3 is 0 Å². The highest BCUT2D eigenvalue weighted by atomic mass is 32.2. The zero-order valence-electron chi connectivity index (χ0n) is 10.3. The summed E-state index contributed by atoms with van der Waals surface area (Å²) in [6.45, 7) is 9.00. The Hall–Kier alpha value is -0.870. The summed E-state index contributed by atoms with van der Waals surface area (Å²) in [6, 6.07) is 8.72. The van der Waals surface area contributed by atoms with Gasteiger partial charge in [-0.25, -0.2) is 13.6 Å². The van der Waals surface area contributed by atoms with E-state index < -0.39 is 10.9 Å². The number of nitrogens with two attached hydrogens (primary N) is 1. The second kappa shape index (κ2) is 7.41. The Labute approximate surface area is 99.8 Å². The number of hydrogen-bond acceptors (Lipinski definition) is 2. The second-order valence-corrected chi connectivity index (χ2v) is 4.79. The summed E-state index contributed by atoms with van der Waals surface area (Å²) in [5, 5.41) is 4.06. The molecule has 0 saturated heterocycles. The van der Waals surface area contributed by atoms with Gasteiger partial charge in [-0.3, -0.25) is 0 Å². The van der Waals surface area contributed by atoms with Crippen LogP contribution in [0.2, 0.25) is 0 Å². The standard InChI is InChI=1S/C12H18.H3NO2S/c1-9(2)11-7-5-6-8-12(11)10(3)4;1-4(2)3/h5-10H,1-4H3;4H,(H2,1,2,3). The minimum Gasteiger partial charge on any atom is -0.231 e. The first kappa shape index (κ1) is 15.1.